The van der Waals surface area contributed by atoms with Gasteiger partial charge in [0.15, 0.2) is 0 Å². The number of nitrogens with one attached hydrogen (secondary N) is 1. The summed E-state index contributed by atoms with van der Waals surface area (Å²) in [5.74, 6) is 0.116. The van der Waals surface area contributed by atoms with Crippen LogP contribution in [0.25, 0.3) is 0 Å². The van der Waals surface area contributed by atoms with Crippen LogP contribution in [0, 0.1) is 0 Å². The van der Waals surface area contributed by atoms with Gasteiger partial charge in [-0.15, -0.1) is 0 Å². The topological polar surface area (TPSA) is 73.2 Å². The minimum Gasteiger partial charge on any atom is -0.383 e. The highest BCUT2D eigenvalue weighted by molar-refractivity contribution is 7.90. The number of aromatic nitrogens is 2. The van der Waals surface area contributed by atoms with Crippen LogP contribution in [-0.2, 0) is 27.7 Å². The van der Waals surface area contributed by atoms with Gasteiger partial charge in [0.25, 0.3) is 0 Å². The van der Waals surface area contributed by atoms with Crippen molar-refractivity contribution >= 4 is 9.84 Å². The number of hydrogen-bond acceptors (Lipinski definition) is 5. The molecule has 0 bridgehead atoms. The summed E-state index contributed by atoms with van der Waals surface area (Å²) in [6.45, 7) is 2.49. The van der Waals surface area contributed by atoms with Crippen molar-refractivity contribution in [3.63, 3.8) is 0 Å². The van der Waals surface area contributed by atoms with Crippen molar-refractivity contribution in [1.82, 2.24) is 15.1 Å². The van der Waals surface area contributed by atoms with Gasteiger partial charge >= 0.3 is 0 Å². The maximum absolute atomic E-state index is 11.0. The predicted molar refractivity (Wildman–Crippen MR) is 65.5 cm³/mol. The summed E-state index contributed by atoms with van der Waals surface area (Å²) in [4.78, 5) is 0. The van der Waals surface area contributed by atoms with E-state index in [0.717, 1.165) is 12.2 Å². The van der Waals surface area contributed by atoms with E-state index in [0.29, 0.717) is 19.7 Å². The molecule has 7 heteroatoms. The molecule has 0 amide bonds. The normalized spacial score (nSPS) is 11.9. The Labute approximate surface area is 102 Å². The quantitative estimate of drug-likeness (QED) is 0.648. The van der Waals surface area contributed by atoms with Crippen molar-refractivity contribution in [2.75, 3.05) is 32.3 Å². The van der Waals surface area contributed by atoms with E-state index in [9.17, 15) is 8.42 Å². The van der Waals surface area contributed by atoms with Gasteiger partial charge in [-0.3, -0.25) is 4.68 Å². The van der Waals surface area contributed by atoms with Gasteiger partial charge in [-0.1, -0.05) is 0 Å². The molecule has 1 aromatic heterocycles. The van der Waals surface area contributed by atoms with E-state index in [2.05, 4.69) is 10.4 Å². The molecule has 98 valence electrons. The van der Waals surface area contributed by atoms with Crippen molar-refractivity contribution in [2.45, 2.75) is 13.1 Å². The van der Waals surface area contributed by atoms with E-state index in [1.54, 1.807) is 18.0 Å². The van der Waals surface area contributed by atoms with Crippen molar-refractivity contribution in [2.24, 2.45) is 0 Å². The van der Waals surface area contributed by atoms with Crippen LogP contribution in [0.4, 0.5) is 0 Å². The molecular formula is C10H19N3O3S. The number of aryl methyl sites for hydroxylation is 1. The fourth-order valence-electron chi connectivity index (χ4n) is 1.27. The Kier molecular flexibility index (Phi) is 5.60. The Bertz CT molecular complexity index is 428. The molecule has 1 rings (SSSR count). The minimum atomic E-state index is -2.93. The van der Waals surface area contributed by atoms with Gasteiger partial charge in [0.05, 0.1) is 24.6 Å². The van der Waals surface area contributed by atoms with E-state index >= 15 is 0 Å². The molecule has 0 saturated heterocycles. The van der Waals surface area contributed by atoms with Crippen molar-refractivity contribution in [3.05, 3.63) is 18.0 Å². The summed E-state index contributed by atoms with van der Waals surface area (Å²) >= 11 is 0. The lowest BCUT2D eigenvalue weighted by molar-refractivity contribution is 0.199. The van der Waals surface area contributed by atoms with Crippen LogP contribution in [0.5, 0.6) is 0 Å². The largest absolute Gasteiger partial charge is 0.383 e. The molecule has 17 heavy (non-hydrogen) atoms. The molecular weight excluding hydrogens is 242 g/mol. The second-order valence-electron chi connectivity index (χ2n) is 3.87. The molecule has 6 nitrogen and oxygen atoms in total. The van der Waals surface area contributed by atoms with Gasteiger partial charge < -0.3 is 10.1 Å². The maximum atomic E-state index is 11.0. The Morgan fingerprint density at radius 2 is 2.29 bits per heavy atom. The fourth-order valence-corrected chi connectivity index (χ4v) is 1.79. The van der Waals surface area contributed by atoms with E-state index < -0.39 is 9.84 Å². The fraction of sp³-hybridized carbons (Fsp3) is 0.700. The second-order valence-corrected chi connectivity index (χ2v) is 6.13. The van der Waals surface area contributed by atoms with Crippen LogP contribution in [0.2, 0.25) is 0 Å². The van der Waals surface area contributed by atoms with Gasteiger partial charge in [0.1, 0.15) is 9.84 Å². The number of ether oxygens (including phenoxy) is 1. The highest BCUT2D eigenvalue weighted by Crippen LogP contribution is 1.96. The summed E-state index contributed by atoms with van der Waals surface area (Å²) in [7, 11) is -1.28. The molecule has 0 unspecified atom stereocenters. The van der Waals surface area contributed by atoms with E-state index in [4.69, 9.17) is 4.74 Å². The average Bonchev–Trinajstić information content (AvgIpc) is 2.69. The van der Waals surface area contributed by atoms with Gasteiger partial charge in [-0.2, -0.15) is 5.10 Å². The van der Waals surface area contributed by atoms with Crippen LogP contribution in [-0.4, -0.2) is 50.5 Å². The number of rotatable bonds is 8. The van der Waals surface area contributed by atoms with Crippen LogP contribution in [0.1, 0.15) is 5.69 Å². The molecule has 0 spiro atoms. The highest BCUT2D eigenvalue weighted by Gasteiger charge is 2.04. The van der Waals surface area contributed by atoms with Crippen LogP contribution < -0.4 is 5.32 Å². The molecule has 0 saturated carbocycles. The monoisotopic (exact) mass is 261 g/mol. The second kappa shape index (κ2) is 6.73. The zero-order chi connectivity index (χ0) is 12.7. The maximum Gasteiger partial charge on any atom is 0.149 e. The molecule has 0 aliphatic rings. The van der Waals surface area contributed by atoms with Gasteiger partial charge in [-0.25, -0.2) is 8.42 Å². The van der Waals surface area contributed by atoms with Gasteiger partial charge in [0.2, 0.25) is 0 Å². The predicted octanol–water partition coefficient (Wildman–Crippen LogP) is -0.336. The van der Waals surface area contributed by atoms with Gasteiger partial charge in [-0.05, 0) is 6.07 Å². The van der Waals surface area contributed by atoms with Crippen LogP contribution in [0.15, 0.2) is 12.3 Å². The molecule has 0 fully saturated rings. The molecule has 1 N–H and O–H groups in total. The van der Waals surface area contributed by atoms with Crippen molar-refractivity contribution < 1.29 is 13.2 Å². The summed E-state index contributed by atoms with van der Waals surface area (Å²) in [5.41, 5.74) is 0.898. The Morgan fingerprint density at radius 3 is 2.94 bits per heavy atom. The van der Waals surface area contributed by atoms with Gasteiger partial charge in [0, 0.05) is 32.7 Å². The standard InChI is InChI=1S/C10H19N3O3S/c1-16-7-4-11-9-10-3-5-13(12-10)6-8-17(2,14)15/h3,5,11H,4,6-9H2,1-2H3. The van der Waals surface area contributed by atoms with Crippen LogP contribution >= 0.6 is 0 Å². The van der Waals surface area contributed by atoms with E-state index in [1.807, 2.05) is 6.07 Å². The third-order valence-electron chi connectivity index (χ3n) is 2.18. The Balaban J connectivity index is 2.32. The van der Waals surface area contributed by atoms with Crippen molar-refractivity contribution in [1.29, 1.82) is 0 Å². The number of nitrogens with zero attached hydrogens (tertiary/aromatic N) is 2. The molecule has 1 heterocycles. The number of hydrogen-bond donors (Lipinski definition) is 1. The lowest BCUT2D eigenvalue weighted by Gasteiger charge is -2.01. The lowest BCUT2D eigenvalue weighted by atomic mass is 10.4. The molecule has 0 atom stereocenters. The van der Waals surface area contributed by atoms with Crippen LogP contribution in [0.3, 0.4) is 0 Å². The summed E-state index contributed by atoms with van der Waals surface area (Å²) < 4.78 is 28.5. The number of methoxy groups -OCH3 is 1. The highest BCUT2D eigenvalue weighted by atomic mass is 32.2. The van der Waals surface area contributed by atoms with E-state index in [1.165, 1.54) is 6.26 Å². The first-order valence-electron chi connectivity index (χ1n) is 5.41. The first kappa shape index (κ1) is 14.1. The molecule has 1 aromatic rings. The first-order chi connectivity index (χ1) is 8.01. The zero-order valence-corrected chi connectivity index (χ0v) is 11.0. The van der Waals surface area contributed by atoms with E-state index in [-0.39, 0.29) is 5.75 Å². The zero-order valence-electron chi connectivity index (χ0n) is 10.2. The Morgan fingerprint density at radius 1 is 1.53 bits per heavy atom. The smallest absolute Gasteiger partial charge is 0.149 e. The minimum absolute atomic E-state index is 0.116. The summed E-state index contributed by atoms with van der Waals surface area (Å²) in [6.07, 6.45) is 3.02. The average molecular weight is 261 g/mol. The lowest BCUT2D eigenvalue weighted by Crippen LogP contribution is -2.19. The molecule has 0 aromatic carbocycles. The Hall–Kier alpha value is -0.920. The number of sulfone groups is 1. The summed E-state index contributed by atoms with van der Waals surface area (Å²) in [6, 6.07) is 1.88. The molecule has 0 radical (unpaired) electrons. The third-order valence-corrected chi connectivity index (χ3v) is 3.10. The molecule has 0 aliphatic heterocycles. The SMILES string of the molecule is COCCNCc1ccn(CCS(C)(=O)=O)n1. The van der Waals surface area contributed by atoms with Crippen molar-refractivity contribution in [3.8, 4) is 0 Å². The third kappa shape index (κ3) is 6.40. The molecule has 0 aliphatic carbocycles. The summed E-state index contributed by atoms with van der Waals surface area (Å²) in [5, 5.41) is 7.43. The first-order valence-corrected chi connectivity index (χ1v) is 7.47.